The van der Waals surface area contributed by atoms with Gasteiger partial charge in [-0.3, -0.25) is 0 Å². The molecule has 3 aromatic rings. The summed E-state index contributed by atoms with van der Waals surface area (Å²) in [6, 6.07) is 9.39. The highest BCUT2D eigenvalue weighted by Gasteiger charge is 2.43. The lowest BCUT2D eigenvalue weighted by Gasteiger charge is -2.36. The molecular weight excluding hydrogens is 400 g/mol. The fourth-order valence-corrected chi connectivity index (χ4v) is 3.63. The van der Waals surface area contributed by atoms with Gasteiger partial charge in [0.15, 0.2) is 17.1 Å². The maximum atomic E-state index is 12.5. The SMILES string of the molecule is COc1cc2ccc([C@](OC(=O)/C=C/C(=O)O)(c3cnc[nH]3)C(C)C)cc2cc1OC. The first-order valence-corrected chi connectivity index (χ1v) is 9.61. The molecule has 3 rings (SSSR count). The Morgan fingerprint density at radius 3 is 2.29 bits per heavy atom. The van der Waals surface area contributed by atoms with Gasteiger partial charge in [0.05, 0.1) is 32.4 Å². The Hall–Kier alpha value is -3.81. The van der Waals surface area contributed by atoms with Crippen molar-refractivity contribution in [3.63, 3.8) is 0 Å². The fraction of sp³-hybridized carbons (Fsp3) is 0.261. The quantitative estimate of drug-likeness (QED) is 0.419. The van der Waals surface area contributed by atoms with E-state index in [1.165, 1.54) is 6.33 Å². The molecule has 2 aromatic carbocycles. The molecule has 1 aromatic heterocycles. The zero-order valence-corrected chi connectivity index (χ0v) is 17.7. The van der Waals surface area contributed by atoms with Crippen LogP contribution in [0.5, 0.6) is 11.5 Å². The number of carboxylic acid groups (broad SMARTS) is 1. The summed E-state index contributed by atoms with van der Waals surface area (Å²) >= 11 is 0. The van der Waals surface area contributed by atoms with Crippen LogP contribution in [0.1, 0.15) is 25.1 Å². The van der Waals surface area contributed by atoms with E-state index < -0.39 is 17.5 Å². The van der Waals surface area contributed by atoms with Gasteiger partial charge in [-0.15, -0.1) is 0 Å². The number of carbonyl (C=O) groups excluding carboxylic acids is 1. The maximum absolute atomic E-state index is 12.5. The van der Waals surface area contributed by atoms with Gasteiger partial charge in [-0.25, -0.2) is 14.6 Å². The van der Waals surface area contributed by atoms with Crippen LogP contribution in [0.4, 0.5) is 0 Å². The van der Waals surface area contributed by atoms with Crippen LogP contribution in [0.25, 0.3) is 10.8 Å². The molecule has 0 saturated heterocycles. The van der Waals surface area contributed by atoms with Crippen molar-refractivity contribution in [2.45, 2.75) is 19.4 Å². The zero-order valence-electron chi connectivity index (χ0n) is 17.7. The van der Waals surface area contributed by atoms with Crippen molar-refractivity contribution < 1.29 is 28.9 Å². The molecule has 1 heterocycles. The number of aliphatic carboxylic acids is 1. The summed E-state index contributed by atoms with van der Waals surface area (Å²) in [5.74, 6) is -1.05. The molecule has 0 saturated carbocycles. The Balaban J connectivity index is 2.20. The lowest BCUT2D eigenvalue weighted by molar-refractivity contribution is -0.155. The summed E-state index contributed by atoms with van der Waals surface area (Å²) in [5.41, 5.74) is 0.0422. The molecule has 0 aliphatic carbocycles. The number of rotatable bonds is 8. The monoisotopic (exact) mass is 424 g/mol. The predicted octanol–water partition coefficient (Wildman–Crippen LogP) is 3.66. The van der Waals surface area contributed by atoms with E-state index in [0.29, 0.717) is 22.8 Å². The van der Waals surface area contributed by atoms with Crippen molar-refractivity contribution in [2.24, 2.45) is 5.92 Å². The van der Waals surface area contributed by atoms with Crippen LogP contribution >= 0.6 is 0 Å². The Morgan fingerprint density at radius 1 is 1.06 bits per heavy atom. The minimum absolute atomic E-state index is 0.215. The lowest BCUT2D eigenvalue weighted by atomic mass is 9.80. The number of carbonyl (C=O) groups is 2. The predicted molar refractivity (Wildman–Crippen MR) is 114 cm³/mol. The van der Waals surface area contributed by atoms with Crippen LogP contribution in [0.2, 0.25) is 0 Å². The average Bonchev–Trinajstić information content (AvgIpc) is 3.29. The first-order chi connectivity index (χ1) is 14.8. The Morgan fingerprint density at radius 2 is 1.74 bits per heavy atom. The number of hydrogen-bond donors (Lipinski definition) is 2. The van der Waals surface area contributed by atoms with E-state index in [2.05, 4.69) is 9.97 Å². The van der Waals surface area contributed by atoms with Gasteiger partial charge in [0, 0.05) is 23.6 Å². The smallest absolute Gasteiger partial charge is 0.332 e. The van der Waals surface area contributed by atoms with Gasteiger partial charge >= 0.3 is 11.9 Å². The number of benzene rings is 2. The molecule has 0 unspecified atom stereocenters. The number of nitrogens with one attached hydrogen (secondary N) is 1. The highest BCUT2D eigenvalue weighted by Crippen LogP contribution is 2.42. The highest BCUT2D eigenvalue weighted by molar-refractivity contribution is 5.91. The minimum atomic E-state index is -1.24. The van der Waals surface area contributed by atoms with Gasteiger partial charge < -0.3 is 24.3 Å². The third-order valence-electron chi connectivity index (χ3n) is 5.11. The fourth-order valence-electron chi connectivity index (χ4n) is 3.63. The highest BCUT2D eigenvalue weighted by atomic mass is 16.6. The molecule has 162 valence electrons. The molecule has 0 radical (unpaired) electrons. The average molecular weight is 424 g/mol. The van der Waals surface area contributed by atoms with E-state index in [1.807, 2.05) is 44.2 Å². The molecule has 0 bridgehead atoms. The van der Waals surface area contributed by atoms with Crippen LogP contribution in [0.15, 0.2) is 55.0 Å². The number of carboxylic acids is 1. The van der Waals surface area contributed by atoms with Gasteiger partial charge in [-0.05, 0) is 29.0 Å². The van der Waals surface area contributed by atoms with E-state index in [4.69, 9.17) is 19.3 Å². The number of esters is 1. The van der Waals surface area contributed by atoms with Gasteiger partial charge in [0.1, 0.15) is 0 Å². The van der Waals surface area contributed by atoms with Crippen LogP contribution in [0.3, 0.4) is 0 Å². The molecule has 0 amide bonds. The Labute approximate surface area is 179 Å². The summed E-state index contributed by atoms with van der Waals surface area (Å²) < 4.78 is 16.7. The Bertz CT molecular complexity index is 1120. The van der Waals surface area contributed by atoms with E-state index in [1.54, 1.807) is 20.4 Å². The Kier molecular flexibility index (Phi) is 6.29. The molecule has 0 aliphatic rings. The summed E-state index contributed by atoms with van der Waals surface area (Å²) in [7, 11) is 3.14. The molecule has 0 fully saturated rings. The number of aromatic amines is 1. The lowest BCUT2D eigenvalue weighted by Crippen LogP contribution is -2.39. The molecule has 8 heteroatoms. The number of methoxy groups -OCH3 is 2. The van der Waals surface area contributed by atoms with Crippen molar-refractivity contribution in [3.8, 4) is 11.5 Å². The van der Waals surface area contributed by atoms with Crippen LogP contribution < -0.4 is 9.47 Å². The zero-order chi connectivity index (χ0) is 22.6. The number of nitrogens with zero attached hydrogens (tertiary/aromatic N) is 1. The molecule has 0 aliphatic heterocycles. The van der Waals surface area contributed by atoms with Crippen LogP contribution in [-0.2, 0) is 19.9 Å². The van der Waals surface area contributed by atoms with E-state index >= 15 is 0 Å². The van der Waals surface area contributed by atoms with Gasteiger partial charge in [0.25, 0.3) is 0 Å². The van der Waals surface area contributed by atoms with Crippen molar-refractivity contribution in [1.29, 1.82) is 0 Å². The first kappa shape index (κ1) is 21.9. The van der Waals surface area contributed by atoms with E-state index in [9.17, 15) is 9.59 Å². The molecule has 31 heavy (non-hydrogen) atoms. The molecule has 1 atom stereocenters. The van der Waals surface area contributed by atoms with Gasteiger partial charge in [-0.1, -0.05) is 26.0 Å². The first-order valence-electron chi connectivity index (χ1n) is 9.61. The van der Waals surface area contributed by atoms with Crippen LogP contribution in [-0.4, -0.2) is 41.2 Å². The number of imidazole rings is 1. The van der Waals surface area contributed by atoms with E-state index in [-0.39, 0.29) is 5.92 Å². The summed E-state index contributed by atoms with van der Waals surface area (Å²) in [6.07, 6.45) is 4.73. The third-order valence-corrected chi connectivity index (χ3v) is 5.11. The van der Waals surface area contributed by atoms with Gasteiger partial charge in [-0.2, -0.15) is 0 Å². The maximum Gasteiger partial charge on any atom is 0.332 e. The minimum Gasteiger partial charge on any atom is -0.493 e. The van der Waals surface area contributed by atoms with Crippen molar-refractivity contribution in [2.75, 3.05) is 14.2 Å². The van der Waals surface area contributed by atoms with Crippen LogP contribution in [0, 0.1) is 5.92 Å². The normalized spacial score (nSPS) is 13.3. The standard InChI is InChI=1S/C23H24N2O6/c1-14(2)23(20-12-24-13-25-20,31-22(28)8-7-21(26)27)17-6-5-15-10-18(29-3)19(30-4)11-16(15)9-17/h5-14H,1-4H3,(H,24,25)(H,26,27)/b8-7+/t23-/m0/s1. The second-order valence-corrected chi connectivity index (χ2v) is 7.22. The number of H-pyrrole nitrogens is 1. The number of ether oxygens (including phenoxy) is 3. The summed E-state index contributed by atoms with van der Waals surface area (Å²) in [5, 5.41) is 10.6. The molecular formula is C23H24N2O6. The van der Waals surface area contributed by atoms with Gasteiger partial charge in [0.2, 0.25) is 0 Å². The number of fused-ring (bicyclic) bond motifs is 1. The largest absolute Gasteiger partial charge is 0.493 e. The summed E-state index contributed by atoms with van der Waals surface area (Å²) in [4.78, 5) is 30.5. The third kappa shape index (κ3) is 4.23. The van der Waals surface area contributed by atoms with E-state index in [0.717, 1.165) is 22.9 Å². The molecule has 0 spiro atoms. The van der Waals surface area contributed by atoms with Crippen molar-refractivity contribution >= 4 is 22.7 Å². The second-order valence-electron chi connectivity index (χ2n) is 7.22. The number of hydrogen-bond acceptors (Lipinski definition) is 6. The van der Waals surface area contributed by atoms with Crippen molar-refractivity contribution in [3.05, 3.63) is 66.3 Å². The molecule has 2 N–H and O–H groups in total. The molecule has 8 nitrogen and oxygen atoms in total. The number of aromatic nitrogens is 2. The summed E-state index contributed by atoms with van der Waals surface area (Å²) in [6.45, 7) is 3.82. The van der Waals surface area contributed by atoms with Crippen molar-refractivity contribution in [1.82, 2.24) is 9.97 Å². The second kappa shape index (κ2) is 8.91. The topological polar surface area (TPSA) is 111 Å².